The Hall–Kier alpha value is -1.57. The average Bonchev–Trinajstić information content (AvgIpc) is 2.45. The van der Waals surface area contributed by atoms with E-state index in [-0.39, 0.29) is 6.61 Å². The number of hydrogen-bond acceptors (Lipinski definition) is 4. The lowest BCUT2D eigenvalue weighted by Crippen LogP contribution is -2.32. The van der Waals surface area contributed by atoms with Crippen molar-refractivity contribution in [1.82, 2.24) is 5.32 Å². The maximum absolute atomic E-state index is 9.73. The average molecular weight is 262 g/mol. The fourth-order valence-electron chi connectivity index (χ4n) is 1.65. The molecule has 1 rings (SSSR count). The van der Waals surface area contributed by atoms with E-state index in [2.05, 4.69) is 12.2 Å². The number of nitriles is 1. The highest BCUT2D eigenvalue weighted by molar-refractivity contribution is 5.34. The Morgan fingerprint density at radius 2 is 2.05 bits per heavy atom. The number of nitrogens with one attached hydrogen (secondary N) is 1. The van der Waals surface area contributed by atoms with E-state index in [4.69, 9.17) is 10.00 Å². The van der Waals surface area contributed by atoms with Gasteiger partial charge < -0.3 is 15.2 Å². The van der Waals surface area contributed by atoms with Crippen LogP contribution in [0.1, 0.15) is 31.7 Å². The predicted octanol–water partition coefficient (Wildman–Crippen LogP) is 2.08. The van der Waals surface area contributed by atoms with Crippen molar-refractivity contribution in [2.75, 3.05) is 19.7 Å². The van der Waals surface area contributed by atoms with Crippen LogP contribution in [0.15, 0.2) is 24.3 Å². The van der Waals surface area contributed by atoms with Crippen molar-refractivity contribution in [2.24, 2.45) is 0 Å². The van der Waals surface area contributed by atoms with Gasteiger partial charge in [-0.15, -0.1) is 0 Å². The molecule has 2 N–H and O–H groups in total. The molecule has 0 amide bonds. The Morgan fingerprint density at radius 1 is 1.32 bits per heavy atom. The first-order valence-corrected chi connectivity index (χ1v) is 6.78. The number of ether oxygens (including phenoxy) is 1. The van der Waals surface area contributed by atoms with Crippen LogP contribution in [-0.4, -0.2) is 30.9 Å². The number of benzene rings is 1. The molecule has 4 nitrogen and oxygen atoms in total. The molecule has 0 aliphatic rings. The van der Waals surface area contributed by atoms with Crippen molar-refractivity contribution >= 4 is 0 Å². The first-order chi connectivity index (χ1) is 9.26. The minimum Gasteiger partial charge on any atom is -0.491 e. The summed E-state index contributed by atoms with van der Waals surface area (Å²) in [6, 6.07) is 8.92. The Labute approximate surface area is 115 Å². The molecule has 0 saturated heterocycles. The topological polar surface area (TPSA) is 65.3 Å². The van der Waals surface area contributed by atoms with Crippen molar-refractivity contribution in [1.29, 1.82) is 5.26 Å². The molecule has 0 aliphatic heterocycles. The summed E-state index contributed by atoms with van der Waals surface area (Å²) in [5.74, 6) is 0.670. The quantitative estimate of drug-likeness (QED) is 0.669. The van der Waals surface area contributed by atoms with Crippen molar-refractivity contribution in [3.8, 4) is 11.8 Å². The number of unbranched alkanes of at least 4 members (excludes halogenated alkanes) is 2. The van der Waals surface area contributed by atoms with Crippen LogP contribution in [0.2, 0.25) is 0 Å². The second-order valence-corrected chi connectivity index (χ2v) is 4.51. The molecule has 104 valence electrons. The van der Waals surface area contributed by atoms with Gasteiger partial charge in [0.15, 0.2) is 0 Å². The molecule has 1 aromatic carbocycles. The minimum atomic E-state index is -0.516. The monoisotopic (exact) mass is 262 g/mol. The third-order valence-electron chi connectivity index (χ3n) is 2.76. The largest absolute Gasteiger partial charge is 0.491 e. The SMILES string of the molecule is CCCCCNCC(O)COc1ccc(C#N)cc1. The highest BCUT2D eigenvalue weighted by Gasteiger charge is 2.04. The van der Waals surface area contributed by atoms with Gasteiger partial charge in [0.25, 0.3) is 0 Å². The van der Waals surface area contributed by atoms with E-state index in [1.165, 1.54) is 12.8 Å². The molecule has 0 heterocycles. The van der Waals surface area contributed by atoms with Gasteiger partial charge in [-0.1, -0.05) is 19.8 Å². The highest BCUT2D eigenvalue weighted by Crippen LogP contribution is 2.11. The summed E-state index contributed by atoms with van der Waals surface area (Å²) in [4.78, 5) is 0. The molecule has 1 atom stereocenters. The number of rotatable bonds is 9. The van der Waals surface area contributed by atoms with Crippen LogP contribution in [0.5, 0.6) is 5.75 Å². The normalized spacial score (nSPS) is 11.8. The van der Waals surface area contributed by atoms with Gasteiger partial charge in [0.05, 0.1) is 11.6 Å². The predicted molar refractivity (Wildman–Crippen MR) is 75.1 cm³/mol. The van der Waals surface area contributed by atoms with E-state index in [9.17, 15) is 5.11 Å². The molecule has 0 radical (unpaired) electrons. The maximum atomic E-state index is 9.73. The van der Waals surface area contributed by atoms with Crippen LogP contribution in [0, 0.1) is 11.3 Å². The summed E-state index contributed by atoms with van der Waals surface area (Å²) in [6.45, 7) is 3.90. The van der Waals surface area contributed by atoms with Gasteiger partial charge in [0.2, 0.25) is 0 Å². The molecule has 1 aromatic rings. The minimum absolute atomic E-state index is 0.257. The van der Waals surface area contributed by atoms with Crippen LogP contribution in [-0.2, 0) is 0 Å². The summed E-state index contributed by atoms with van der Waals surface area (Å²) >= 11 is 0. The van der Waals surface area contributed by atoms with Crippen LogP contribution in [0.3, 0.4) is 0 Å². The lowest BCUT2D eigenvalue weighted by Gasteiger charge is -2.13. The molecule has 0 bridgehead atoms. The van der Waals surface area contributed by atoms with Crippen LogP contribution >= 0.6 is 0 Å². The Morgan fingerprint density at radius 3 is 2.68 bits per heavy atom. The van der Waals surface area contributed by atoms with Gasteiger partial charge in [-0.3, -0.25) is 0 Å². The fourth-order valence-corrected chi connectivity index (χ4v) is 1.65. The fraction of sp³-hybridized carbons (Fsp3) is 0.533. The van der Waals surface area contributed by atoms with E-state index in [0.29, 0.717) is 17.9 Å². The molecular weight excluding hydrogens is 240 g/mol. The van der Waals surface area contributed by atoms with Gasteiger partial charge in [-0.05, 0) is 37.2 Å². The van der Waals surface area contributed by atoms with Crippen molar-refractivity contribution < 1.29 is 9.84 Å². The molecule has 0 fully saturated rings. The zero-order chi connectivity index (χ0) is 13.9. The third-order valence-corrected chi connectivity index (χ3v) is 2.76. The summed E-state index contributed by atoms with van der Waals surface area (Å²) in [5, 5.41) is 21.6. The third kappa shape index (κ3) is 6.80. The van der Waals surface area contributed by atoms with Crippen LogP contribution in [0.25, 0.3) is 0 Å². The highest BCUT2D eigenvalue weighted by atomic mass is 16.5. The van der Waals surface area contributed by atoms with Gasteiger partial charge in [-0.25, -0.2) is 0 Å². The summed E-state index contributed by atoms with van der Waals surface area (Å²) in [7, 11) is 0. The molecule has 1 unspecified atom stereocenters. The van der Waals surface area contributed by atoms with E-state index < -0.39 is 6.10 Å². The van der Waals surface area contributed by atoms with Crippen LogP contribution < -0.4 is 10.1 Å². The number of nitrogens with zero attached hydrogens (tertiary/aromatic N) is 1. The smallest absolute Gasteiger partial charge is 0.119 e. The van der Waals surface area contributed by atoms with Crippen LogP contribution in [0.4, 0.5) is 0 Å². The van der Waals surface area contributed by atoms with E-state index in [0.717, 1.165) is 13.0 Å². The van der Waals surface area contributed by atoms with Crippen molar-refractivity contribution in [2.45, 2.75) is 32.3 Å². The molecule has 0 spiro atoms. The summed E-state index contributed by atoms with van der Waals surface area (Å²) in [5.41, 5.74) is 0.602. The van der Waals surface area contributed by atoms with Gasteiger partial charge in [-0.2, -0.15) is 5.26 Å². The molecular formula is C15H22N2O2. The zero-order valence-corrected chi connectivity index (χ0v) is 11.4. The second kappa shape index (κ2) is 9.37. The number of aliphatic hydroxyl groups excluding tert-OH is 1. The molecule has 19 heavy (non-hydrogen) atoms. The van der Waals surface area contributed by atoms with Crippen molar-refractivity contribution in [3.05, 3.63) is 29.8 Å². The first-order valence-electron chi connectivity index (χ1n) is 6.78. The lowest BCUT2D eigenvalue weighted by molar-refractivity contribution is 0.106. The van der Waals surface area contributed by atoms with E-state index in [1.54, 1.807) is 24.3 Å². The van der Waals surface area contributed by atoms with Gasteiger partial charge in [0.1, 0.15) is 18.5 Å². The number of hydrogen-bond donors (Lipinski definition) is 2. The van der Waals surface area contributed by atoms with E-state index >= 15 is 0 Å². The lowest BCUT2D eigenvalue weighted by atomic mass is 10.2. The van der Waals surface area contributed by atoms with Gasteiger partial charge in [0, 0.05) is 6.54 Å². The summed E-state index contributed by atoms with van der Waals surface area (Å²) < 4.78 is 5.45. The summed E-state index contributed by atoms with van der Waals surface area (Å²) in [6.07, 6.45) is 3.04. The number of aliphatic hydroxyl groups is 1. The first kappa shape index (κ1) is 15.5. The van der Waals surface area contributed by atoms with Gasteiger partial charge >= 0.3 is 0 Å². The standard InChI is InChI=1S/C15H22N2O2/c1-2-3-4-9-17-11-14(18)12-19-15-7-5-13(10-16)6-8-15/h5-8,14,17-18H,2-4,9,11-12H2,1H3. The Bertz CT molecular complexity index is 384. The molecule has 0 aliphatic carbocycles. The Kier molecular flexibility index (Phi) is 7.64. The second-order valence-electron chi connectivity index (χ2n) is 4.51. The molecule has 0 aromatic heterocycles. The Balaban J connectivity index is 2.15. The zero-order valence-electron chi connectivity index (χ0n) is 11.4. The molecule has 4 heteroatoms. The maximum Gasteiger partial charge on any atom is 0.119 e. The molecule has 0 saturated carbocycles. The van der Waals surface area contributed by atoms with E-state index in [1.807, 2.05) is 6.07 Å². The van der Waals surface area contributed by atoms with Crippen molar-refractivity contribution in [3.63, 3.8) is 0 Å².